The third kappa shape index (κ3) is 1.97. The molecule has 2 rings (SSSR count). The summed E-state index contributed by atoms with van der Waals surface area (Å²) >= 11 is 0. The van der Waals surface area contributed by atoms with Crippen molar-refractivity contribution in [1.29, 1.82) is 0 Å². The van der Waals surface area contributed by atoms with Crippen molar-refractivity contribution in [3.05, 3.63) is 11.4 Å². The predicted molar refractivity (Wildman–Crippen MR) is 60.8 cm³/mol. The molecule has 1 aliphatic carbocycles. The van der Waals surface area contributed by atoms with Gasteiger partial charge in [0, 0.05) is 13.7 Å². The second-order valence-corrected chi connectivity index (χ2v) is 4.53. The van der Waals surface area contributed by atoms with Crippen molar-refractivity contribution in [1.82, 2.24) is 15.0 Å². The Kier molecular flexibility index (Phi) is 3.25. The average Bonchev–Trinajstić information content (AvgIpc) is 3.06. The first-order valence-electron chi connectivity index (χ1n) is 5.85. The SMILES string of the molecule is COC(C)c1c(CN)nnn1C(C)C1CC1. The summed E-state index contributed by atoms with van der Waals surface area (Å²) in [5.41, 5.74) is 7.56. The maximum absolute atomic E-state index is 5.68. The molecule has 0 aliphatic heterocycles. The van der Waals surface area contributed by atoms with E-state index in [2.05, 4.69) is 17.2 Å². The van der Waals surface area contributed by atoms with Crippen LogP contribution >= 0.6 is 0 Å². The number of hydrogen-bond acceptors (Lipinski definition) is 4. The fraction of sp³-hybridized carbons (Fsp3) is 0.818. The minimum absolute atomic E-state index is 0.00486. The van der Waals surface area contributed by atoms with Crippen LogP contribution in [0.3, 0.4) is 0 Å². The van der Waals surface area contributed by atoms with Crippen LogP contribution in [0.5, 0.6) is 0 Å². The Morgan fingerprint density at radius 2 is 2.19 bits per heavy atom. The van der Waals surface area contributed by atoms with E-state index in [1.807, 2.05) is 11.6 Å². The molecule has 1 saturated carbocycles. The molecule has 5 heteroatoms. The molecule has 0 radical (unpaired) electrons. The van der Waals surface area contributed by atoms with Gasteiger partial charge in [0.25, 0.3) is 0 Å². The van der Waals surface area contributed by atoms with E-state index < -0.39 is 0 Å². The van der Waals surface area contributed by atoms with Crippen molar-refractivity contribution in [3.63, 3.8) is 0 Å². The standard InChI is InChI=1S/C11H20N4O/c1-7(9-4-5-9)15-11(8(2)16-3)10(6-12)13-14-15/h7-9H,4-6,12H2,1-3H3. The lowest BCUT2D eigenvalue weighted by Crippen LogP contribution is -2.16. The molecule has 1 heterocycles. The molecule has 0 saturated heterocycles. The zero-order valence-electron chi connectivity index (χ0n) is 10.2. The number of rotatable bonds is 5. The molecule has 1 fully saturated rings. The van der Waals surface area contributed by atoms with Crippen LogP contribution in [-0.4, -0.2) is 22.1 Å². The molecule has 0 bridgehead atoms. The van der Waals surface area contributed by atoms with E-state index in [0.29, 0.717) is 12.6 Å². The van der Waals surface area contributed by atoms with Crippen LogP contribution in [0.1, 0.15) is 50.2 Å². The number of nitrogens with two attached hydrogens (primary N) is 1. The Balaban J connectivity index is 2.32. The first kappa shape index (κ1) is 11.5. The Morgan fingerprint density at radius 3 is 2.69 bits per heavy atom. The number of aromatic nitrogens is 3. The number of hydrogen-bond donors (Lipinski definition) is 1. The summed E-state index contributed by atoms with van der Waals surface area (Å²) in [5.74, 6) is 0.745. The van der Waals surface area contributed by atoms with Crippen molar-refractivity contribution < 1.29 is 4.74 Å². The van der Waals surface area contributed by atoms with Gasteiger partial charge >= 0.3 is 0 Å². The molecular formula is C11H20N4O. The van der Waals surface area contributed by atoms with Gasteiger partial charge in [0.15, 0.2) is 0 Å². The highest BCUT2D eigenvalue weighted by atomic mass is 16.5. The van der Waals surface area contributed by atoms with Crippen LogP contribution in [0.25, 0.3) is 0 Å². The lowest BCUT2D eigenvalue weighted by Gasteiger charge is -2.18. The second-order valence-electron chi connectivity index (χ2n) is 4.53. The first-order valence-corrected chi connectivity index (χ1v) is 5.85. The molecular weight excluding hydrogens is 204 g/mol. The van der Waals surface area contributed by atoms with Crippen molar-refractivity contribution in [2.75, 3.05) is 7.11 Å². The van der Waals surface area contributed by atoms with Crippen LogP contribution in [0.15, 0.2) is 0 Å². The minimum Gasteiger partial charge on any atom is -0.375 e. The normalized spacial score (nSPS) is 19.8. The molecule has 1 aromatic rings. The molecule has 90 valence electrons. The van der Waals surface area contributed by atoms with E-state index in [4.69, 9.17) is 10.5 Å². The van der Waals surface area contributed by atoms with E-state index in [9.17, 15) is 0 Å². The van der Waals surface area contributed by atoms with Crippen LogP contribution in [-0.2, 0) is 11.3 Å². The molecule has 2 unspecified atom stereocenters. The quantitative estimate of drug-likeness (QED) is 0.821. The van der Waals surface area contributed by atoms with Crippen molar-refractivity contribution in [2.24, 2.45) is 11.7 Å². The summed E-state index contributed by atoms with van der Waals surface area (Å²) in [4.78, 5) is 0. The van der Waals surface area contributed by atoms with Crippen molar-refractivity contribution in [3.8, 4) is 0 Å². The fourth-order valence-electron chi connectivity index (χ4n) is 2.09. The monoisotopic (exact) mass is 224 g/mol. The van der Waals surface area contributed by atoms with Crippen LogP contribution in [0, 0.1) is 5.92 Å². The topological polar surface area (TPSA) is 66.0 Å². The van der Waals surface area contributed by atoms with Crippen LogP contribution < -0.4 is 5.73 Å². The summed E-state index contributed by atoms with van der Waals surface area (Å²) in [6.07, 6.45) is 2.58. The third-order valence-corrected chi connectivity index (χ3v) is 3.43. The van der Waals surface area contributed by atoms with Gasteiger partial charge in [-0.15, -0.1) is 5.10 Å². The highest BCUT2D eigenvalue weighted by Gasteiger charge is 2.32. The number of nitrogens with zero attached hydrogens (tertiary/aromatic N) is 3. The van der Waals surface area contributed by atoms with Gasteiger partial charge in [-0.1, -0.05) is 5.21 Å². The van der Waals surface area contributed by atoms with Crippen molar-refractivity contribution >= 4 is 0 Å². The summed E-state index contributed by atoms with van der Waals surface area (Å²) in [6.45, 7) is 4.62. The van der Waals surface area contributed by atoms with E-state index in [-0.39, 0.29) is 6.10 Å². The average molecular weight is 224 g/mol. The molecule has 1 aliphatic rings. The van der Waals surface area contributed by atoms with E-state index in [1.54, 1.807) is 7.11 Å². The van der Waals surface area contributed by atoms with Gasteiger partial charge in [-0.2, -0.15) is 0 Å². The smallest absolute Gasteiger partial charge is 0.102 e. The van der Waals surface area contributed by atoms with Gasteiger partial charge in [-0.25, -0.2) is 4.68 Å². The summed E-state index contributed by atoms with van der Waals surface area (Å²) < 4.78 is 7.37. The Labute approximate surface area is 96.0 Å². The zero-order chi connectivity index (χ0) is 11.7. The molecule has 0 spiro atoms. The van der Waals surface area contributed by atoms with E-state index >= 15 is 0 Å². The Morgan fingerprint density at radius 1 is 1.50 bits per heavy atom. The van der Waals surface area contributed by atoms with E-state index in [1.165, 1.54) is 12.8 Å². The van der Waals surface area contributed by atoms with E-state index in [0.717, 1.165) is 17.3 Å². The Bertz CT molecular complexity index is 359. The van der Waals surface area contributed by atoms with Gasteiger partial charge in [-0.3, -0.25) is 0 Å². The van der Waals surface area contributed by atoms with Gasteiger partial charge < -0.3 is 10.5 Å². The van der Waals surface area contributed by atoms with Crippen LogP contribution in [0.2, 0.25) is 0 Å². The fourth-order valence-corrected chi connectivity index (χ4v) is 2.09. The number of methoxy groups -OCH3 is 1. The molecule has 5 nitrogen and oxygen atoms in total. The molecule has 2 N–H and O–H groups in total. The third-order valence-electron chi connectivity index (χ3n) is 3.43. The van der Waals surface area contributed by atoms with Gasteiger partial charge in [0.2, 0.25) is 0 Å². The molecule has 1 aromatic heterocycles. The predicted octanol–water partition coefficient (Wildman–Crippen LogP) is 1.42. The highest BCUT2D eigenvalue weighted by molar-refractivity contribution is 5.14. The first-order chi connectivity index (χ1) is 7.69. The molecule has 16 heavy (non-hydrogen) atoms. The maximum Gasteiger partial charge on any atom is 0.102 e. The summed E-state index contributed by atoms with van der Waals surface area (Å²) in [7, 11) is 1.70. The maximum atomic E-state index is 5.68. The lowest BCUT2D eigenvalue weighted by molar-refractivity contribution is 0.108. The molecule has 0 amide bonds. The van der Waals surface area contributed by atoms with Gasteiger partial charge in [-0.05, 0) is 32.6 Å². The van der Waals surface area contributed by atoms with Crippen LogP contribution in [0.4, 0.5) is 0 Å². The van der Waals surface area contributed by atoms with Crippen molar-refractivity contribution in [2.45, 2.75) is 45.4 Å². The highest BCUT2D eigenvalue weighted by Crippen LogP contribution is 2.40. The minimum atomic E-state index is -0.00486. The lowest BCUT2D eigenvalue weighted by atomic mass is 10.1. The number of ether oxygens (including phenoxy) is 1. The summed E-state index contributed by atoms with van der Waals surface area (Å²) in [5, 5.41) is 8.37. The molecule has 0 aromatic carbocycles. The second kappa shape index (κ2) is 4.51. The van der Waals surface area contributed by atoms with Gasteiger partial charge in [0.05, 0.1) is 17.8 Å². The summed E-state index contributed by atoms with van der Waals surface area (Å²) in [6, 6.07) is 0.403. The Hall–Kier alpha value is -0.940. The largest absolute Gasteiger partial charge is 0.375 e. The zero-order valence-corrected chi connectivity index (χ0v) is 10.2. The van der Waals surface area contributed by atoms with Gasteiger partial charge in [0.1, 0.15) is 5.69 Å². The molecule has 2 atom stereocenters.